The lowest BCUT2D eigenvalue weighted by atomic mass is 10.2. The van der Waals surface area contributed by atoms with Crippen molar-refractivity contribution < 1.29 is 22.6 Å². The summed E-state index contributed by atoms with van der Waals surface area (Å²) in [6, 6.07) is 6.27. The second-order valence-corrected chi connectivity index (χ2v) is 3.68. The number of benzene rings is 1. The zero-order valence-electron chi connectivity index (χ0n) is 9.13. The van der Waals surface area contributed by atoms with E-state index in [-0.39, 0.29) is 18.2 Å². The molecule has 0 saturated carbocycles. The molecule has 0 unspecified atom stereocenters. The second-order valence-electron chi connectivity index (χ2n) is 3.27. The van der Waals surface area contributed by atoms with Crippen LogP contribution in [-0.4, -0.2) is 26.0 Å². The predicted octanol–water partition coefficient (Wildman–Crippen LogP) is 3.17. The van der Waals surface area contributed by atoms with Crippen LogP contribution in [0.1, 0.15) is 5.56 Å². The minimum atomic E-state index is -4.34. The highest BCUT2D eigenvalue weighted by molar-refractivity contribution is 6.31. The molecule has 0 fully saturated rings. The lowest BCUT2D eigenvalue weighted by Crippen LogP contribution is -2.19. The van der Waals surface area contributed by atoms with Gasteiger partial charge in [-0.3, -0.25) is 0 Å². The van der Waals surface area contributed by atoms with Gasteiger partial charge >= 0.3 is 6.18 Å². The molecule has 7 heteroatoms. The van der Waals surface area contributed by atoms with Gasteiger partial charge in [0.2, 0.25) is 0 Å². The van der Waals surface area contributed by atoms with Crippen molar-refractivity contribution >= 4 is 11.6 Å². The molecule has 0 amide bonds. The summed E-state index contributed by atoms with van der Waals surface area (Å²) in [6.45, 7) is -1.51. The topological polar surface area (TPSA) is 42.2 Å². The molecule has 0 atom stereocenters. The van der Waals surface area contributed by atoms with Crippen molar-refractivity contribution in [1.29, 1.82) is 5.26 Å². The van der Waals surface area contributed by atoms with Crippen molar-refractivity contribution in [3.63, 3.8) is 0 Å². The third-order valence-corrected chi connectivity index (χ3v) is 2.14. The highest BCUT2D eigenvalue weighted by atomic mass is 35.5. The van der Waals surface area contributed by atoms with E-state index in [9.17, 15) is 13.2 Å². The normalized spacial score (nSPS) is 11.1. The minimum absolute atomic E-state index is 0.0295. The van der Waals surface area contributed by atoms with Gasteiger partial charge in [-0.1, -0.05) is 11.6 Å². The Hall–Kier alpha value is -1.45. The predicted molar refractivity (Wildman–Crippen MR) is 58.5 cm³/mol. The molecule has 0 saturated heterocycles. The van der Waals surface area contributed by atoms with Crippen LogP contribution in [0.5, 0.6) is 5.75 Å². The SMILES string of the molecule is N#Cc1ccc(OCCOCC(F)(F)F)cc1Cl. The Bertz CT molecular complexity index is 443. The fraction of sp³-hybridized carbons (Fsp3) is 0.364. The molecule has 1 rings (SSSR count). The largest absolute Gasteiger partial charge is 0.491 e. The molecule has 1 aromatic rings. The average molecular weight is 280 g/mol. The summed E-state index contributed by atoms with van der Waals surface area (Å²) in [5.74, 6) is 0.370. The molecule has 0 radical (unpaired) electrons. The van der Waals surface area contributed by atoms with Crippen LogP contribution in [0.15, 0.2) is 18.2 Å². The molecule has 3 nitrogen and oxygen atoms in total. The van der Waals surface area contributed by atoms with Crippen molar-refractivity contribution in [2.24, 2.45) is 0 Å². The summed E-state index contributed by atoms with van der Waals surface area (Å²) in [7, 11) is 0. The zero-order valence-corrected chi connectivity index (χ0v) is 9.88. The molecule has 0 N–H and O–H groups in total. The van der Waals surface area contributed by atoms with Gasteiger partial charge in [-0.2, -0.15) is 18.4 Å². The van der Waals surface area contributed by atoms with Crippen LogP contribution in [0.3, 0.4) is 0 Å². The Balaban J connectivity index is 2.32. The summed E-state index contributed by atoms with van der Waals surface area (Å²) in [4.78, 5) is 0. The second kappa shape index (κ2) is 6.47. The van der Waals surface area contributed by atoms with Crippen molar-refractivity contribution in [3.8, 4) is 11.8 Å². The number of hydrogen-bond donors (Lipinski definition) is 0. The Morgan fingerprint density at radius 1 is 1.28 bits per heavy atom. The molecule has 0 bridgehead atoms. The van der Waals surface area contributed by atoms with E-state index in [0.717, 1.165) is 0 Å². The Labute approximate surface area is 107 Å². The highest BCUT2D eigenvalue weighted by Gasteiger charge is 2.27. The first-order chi connectivity index (χ1) is 8.42. The van der Waals surface area contributed by atoms with Crippen molar-refractivity contribution in [2.45, 2.75) is 6.18 Å². The maximum Gasteiger partial charge on any atom is 0.411 e. The first-order valence-corrected chi connectivity index (χ1v) is 5.27. The number of ether oxygens (including phenoxy) is 2. The molecule has 0 spiro atoms. The van der Waals surface area contributed by atoms with E-state index in [4.69, 9.17) is 21.6 Å². The molecular weight excluding hydrogens is 271 g/mol. The number of halogens is 4. The van der Waals surface area contributed by atoms with Gasteiger partial charge in [0, 0.05) is 6.07 Å². The summed E-state index contributed by atoms with van der Waals surface area (Å²) in [5, 5.41) is 8.86. The van der Waals surface area contributed by atoms with Crippen LogP contribution in [0, 0.1) is 11.3 Å². The van der Waals surface area contributed by atoms with Crippen LogP contribution in [0.2, 0.25) is 5.02 Å². The van der Waals surface area contributed by atoms with E-state index < -0.39 is 12.8 Å². The van der Waals surface area contributed by atoms with E-state index >= 15 is 0 Å². The summed E-state index contributed by atoms with van der Waals surface area (Å²) < 4.78 is 44.7. The molecule has 0 heterocycles. The molecule has 0 aromatic heterocycles. The first-order valence-electron chi connectivity index (χ1n) is 4.89. The smallest absolute Gasteiger partial charge is 0.411 e. The van der Waals surface area contributed by atoms with Gasteiger partial charge in [-0.05, 0) is 12.1 Å². The van der Waals surface area contributed by atoms with Gasteiger partial charge in [-0.15, -0.1) is 0 Å². The third-order valence-electron chi connectivity index (χ3n) is 1.82. The standard InChI is InChI=1S/C11H9ClF3NO2/c12-10-5-9(2-1-8(10)6-16)18-4-3-17-7-11(13,14)15/h1-2,5H,3-4,7H2. The summed E-state index contributed by atoms with van der Waals surface area (Å²) in [6.07, 6.45) is -4.34. The quantitative estimate of drug-likeness (QED) is 0.778. The molecule has 98 valence electrons. The number of hydrogen-bond acceptors (Lipinski definition) is 3. The van der Waals surface area contributed by atoms with Gasteiger partial charge in [0.1, 0.15) is 25.0 Å². The fourth-order valence-corrected chi connectivity index (χ4v) is 1.30. The van der Waals surface area contributed by atoms with Crippen LogP contribution in [-0.2, 0) is 4.74 Å². The van der Waals surface area contributed by atoms with E-state index in [1.54, 1.807) is 0 Å². The number of nitriles is 1. The van der Waals surface area contributed by atoms with Crippen LogP contribution >= 0.6 is 11.6 Å². The number of nitrogens with zero attached hydrogens (tertiary/aromatic N) is 1. The zero-order chi connectivity index (χ0) is 13.6. The highest BCUT2D eigenvalue weighted by Crippen LogP contribution is 2.21. The van der Waals surface area contributed by atoms with Gasteiger partial charge < -0.3 is 9.47 Å². The van der Waals surface area contributed by atoms with Crippen LogP contribution in [0.4, 0.5) is 13.2 Å². The van der Waals surface area contributed by atoms with Gasteiger partial charge in [-0.25, -0.2) is 0 Å². The maximum atomic E-state index is 11.7. The summed E-state index contributed by atoms with van der Waals surface area (Å²) >= 11 is 5.75. The molecule has 0 aliphatic rings. The van der Waals surface area contributed by atoms with E-state index in [1.165, 1.54) is 18.2 Å². The van der Waals surface area contributed by atoms with Gasteiger partial charge in [0.25, 0.3) is 0 Å². The Morgan fingerprint density at radius 2 is 2.00 bits per heavy atom. The van der Waals surface area contributed by atoms with Crippen molar-refractivity contribution in [3.05, 3.63) is 28.8 Å². The molecule has 0 aliphatic heterocycles. The van der Waals surface area contributed by atoms with Crippen molar-refractivity contribution in [1.82, 2.24) is 0 Å². The minimum Gasteiger partial charge on any atom is -0.491 e. The lowest BCUT2D eigenvalue weighted by molar-refractivity contribution is -0.175. The van der Waals surface area contributed by atoms with Gasteiger partial charge in [0.05, 0.1) is 17.2 Å². The fourth-order valence-electron chi connectivity index (χ4n) is 1.08. The Morgan fingerprint density at radius 3 is 2.56 bits per heavy atom. The molecule has 1 aromatic carbocycles. The van der Waals surface area contributed by atoms with E-state index in [0.29, 0.717) is 11.3 Å². The first kappa shape index (κ1) is 14.6. The van der Waals surface area contributed by atoms with Crippen molar-refractivity contribution in [2.75, 3.05) is 19.8 Å². The molecule has 0 aliphatic carbocycles. The average Bonchev–Trinajstić information content (AvgIpc) is 2.27. The monoisotopic (exact) mass is 279 g/mol. The molecule has 18 heavy (non-hydrogen) atoms. The van der Waals surface area contributed by atoms with E-state index in [1.807, 2.05) is 6.07 Å². The van der Waals surface area contributed by atoms with Gasteiger partial charge in [0.15, 0.2) is 0 Å². The summed E-state index contributed by atoms with van der Waals surface area (Å²) in [5.41, 5.74) is 0.303. The van der Waals surface area contributed by atoms with E-state index in [2.05, 4.69) is 4.74 Å². The van der Waals surface area contributed by atoms with Crippen LogP contribution < -0.4 is 4.74 Å². The maximum absolute atomic E-state index is 11.7. The number of alkyl halides is 3. The Kier molecular flexibility index (Phi) is 5.25. The van der Waals surface area contributed by atoms with Crippen LogP contribution in [0.25, 0.3) is 0 Å². The lowest BCUT2D eigenvalue weighted by Gasteiger charge is -2.09. The third kappa shape index (κ3) is 5.25. The molecular formula is C11H9ClF3NO2. The number of rotatable bonds is 5.